The van der Waals surface area contributed by atoms with Gasteiger partial charge in [-0.1, -0.05) is 6.92 Å². The molecule has 1 heterocycles. The van der Waals surface area contributed by atoms with Gasteiger partial charge in [0.05, 0.1) is 0 Å². The van der Waals surface area contributed by atoms with Crippen LogP contribution in [-0.4, -0.2) is 18.3 Å². The van der Waals surface area contributed by atoms with Crippen LogP contribution in [0.4, 0.5) is 0 Å². The van der Waals surface area contributed by atoms with E-state index in [1.54, 1.807) is 0 Å². The molecule has 0 radical (unpaired) electrons. The molecule has 2 N–H and O–H groups in total. The van der Waals surface area contributed by atoms with Gasteiger partial charge in [-0.25, -0.2) is 0 Å². The molecule has 0 aromatic rings. The van der Waals surface area contributed by atoms with Crippen LogP contribution in [0.15, 0.2) is 0 Å². The Morgan fingerprint density at radius 1 is 1.67 bits per heavy atom. The SMILES string of the molecule is CC(=N)[C@H]1C[C@H](C)CN1. The van der Waals surface area contributed by atoms with E-state index < -0.39 is 0 Å². The highest BCUT2D eigenvalue weighted by Gasteiger charge is 2.21. The van der Waals surface area contributed by atoms with E-state index in [1.807, 2.05) is 6.92 Å². The van der Waals surface area contributed by atoms with Crippen LogP contribution in [0.3, 0.4) is 0 Å². The highest BCUT2D eigenvalue weighted by Crippen LogP contribution is 2.12. The van der Waals surface area contributed by atoms with Crippen LogP contribution in [0, 0.1) is 11.3 Å². The summed E-state index contributed by atoms with van der Waals surface area (Å²) in [5, 5.41) is 10.6. The van der Waals surface area contributed by atoms with Gasteiger partial charge in [-0.3, -0.25) is 0 Å². The Labute approximate surface area is 56.2 Å². The van der Waals surface area contributed by atoms with E-state index in [0.717, 1.165) is 24.6 Å². The second-order valence-corrected chi connectivity index (χ2v) is 2.98. The molecule has 1 fully saturated rings. The van der Waals surface area contributed by atoms with E-state index in [9.17, 15) is 0 Å². The van der Waals surface area contributed by atoms with Gasteiger partial charge in [0.15, 0.2) is 0 Å². The van der Waals surface area contributed by atoms with Gasteiger partial charge in [-0.05, 0) is 25.8 Å². The maximum atomic E-state index is 7.32. The lowest BCUT2D eigenvalue weighted by molar-refractivity contribution is 0.645. The molecule has 2 heteroatoms. The molecular weight excluding hydrogens is 112 g/mol. The lowest BCUT2D eigenvalue weighted by atomic mass is 10.1. The average molecular weight is 126 g/mol. The smallest absolute Gasteiger partial charge is 0.0448 e. The quantitative estimate of drug-likeness (QED) is 0.506. The van der Waals surface area contributed by atoms with Gasteiger partial charge in [0.25, 0.3) is 0 Å². The molecule has 0 amide bonds. The van der Waals surface area contributed by atoms with E-state index in [1.165, 1.54) is 0 Å². The molecule has 9 heavy (non-hydrogen) atoms. The molecule has 1 aliphatic rings. The normalized spacial score (nSPS) is 34.9. The van der Waals surface area contributed by atoms with Crippen molar-refractivity contribution >= 4 is 5.71 Å². The molecule has 0 bridgehead atoms. The van der Waals surface area contributed by atoms with Crippen molar-refractivity contribution in [3.8, 4) is 0 Å². The molecule has 52 valence electrons. The highest BCUT2D eigenvalue weighted by molar-refractivity contribution is 5.84. The average Bonchev–Trinajstić information content (AvgIpc) is 2.14. The summed E-state index contributed by atoms with van der Waals surface area (Å²) in [5.41, 5.74) is 0.777. The van der Waals surface area contributed by atoms with Gasteiger partial charge in [-0.15, -0.1) is 0 Å². The maximum absolute atomic E-state index is 7.32. The zero-order valence-corrected chi connectivity index (χ0v) is 6.07. The standard InChI is InChI=1S/C7H14N2/c1-5-3-7(6(2)8)9-4-5/h5,7-9H,3-4H2,1-2H3/t5-,7+/m0/s1. The summed E-state index contributed by atoms with van der Waals surface area (Å²) in [6.45, 7) is 5.17. The van der Waals surface area contributed by atoms with Crippen molar-refractivity contribution in [1.82, 2.24) is 5.32 Å². The van der Waals surface area contributed by atoms with E-state index in [4.69, 9.17) is 5.41 Å². The third-order valence-electron chi connectivity index (χ3n) is 1.87. The summed E-state index contributed by atoms with van der Waals surface area (Å²) in [5.74, 6) is 0.760. The van der Waals surface area contributed by atoms with Crippen molar-refractivity contribution in [2.24, 2.45) is 5.92 Å². The summed E-state index contributed by atoms with van der Waals surface area (Å²) in [6.07, 6.45) is 1.15. The fraction of sp³-hybridized carbons (Fsp3) is 0.857. The van der Waals surface area contributed by atoms with Gasteiger partial charge in [0.2, 0.25) is 0 Å². The Balaban J connectivity index is 2.39. The third kappa shape index (κ3) is 1.52. The van der Waals surface area contributed by atoms with Crippen LogP contribution < -0.4 is 5.32 Å². The number of hydrogen-bond donors (Lipinski definition) is 2. The summed E-state index contributed by atoms with van der Waals surface area (Å²) in [7, 11) is 0. The van der Waals surface area contributed by atoms with Crippen molar-refractivity contribution in [1.29, 1.82) is 5.41 Å². The number of hydrogen-bond acceptors (Lipinski definition) is 2. The summed E-state index contributed by atoms with van der Waals surface area (Å²) in [6, 6.07) is 0.375. The van der Waals surface area contributed by atoms with Crippen LogP contribution in [0.25, 0.3) is 0 Å². The second kappa shape index (κ2) is 2.48. The van der Waals surface area contributed by atoms with Crippen molar-refractivity contribution < 1.29 is 0 Å². The zero-order chi connectivity index (χ0) is 6.85. The molecule has 0 aliphatic carbocycles. The topological polar surface area (TPSA) is 35.9 Å². The fourth-order valence-electron chi connectivity index (χ4n) is 1.24. The Kier molecular flexibility index (Phi) is 1.86. The van der Waals surface area contributed by atoms with Crippen molar-refractivity contribution in [3.63, 3.8) is 0 Å². The first-order chi connectivity index (χ1) is 4.20. The van der Waals surface area contributed by atoms with Gasteiger partial charge < -0.3 is 10.7 Å². The minimum absolute atomic E-state index is 0.375. The van der Waals surface area contributed by atoms with Crippen LogP contribution in [0.2, 0.25) is 0 Å². The molecule has 0 saturated carbocycles. The highest BCUT2D eigenvalue weighted by atomic mass is 15.0. The lowest BCUT2D eigenvalue weighted by Gasteiger charge is -2.05. The summed E-state index contributed by atoms with van der Waals surface area (Å²) in [4.78, 5) is 0. The Morgan fingerprint density at radius 3 is 2.56 bits per heavy atom. The molecule has 2 nitrogen and oxygen atoms in total. The lowest BCUT2D eigenvalue weighted by Crippen LogP contribution is -2.27. The molecule has 1 aliphatic heterocycles. The van der Waals surface area contributed by atoms with Gasteiger partial charge in [-0.2, -0.15) is 0 Å². The molecule has 1 saturated heterocycles. The molecule has 0 aromatic carbocycles. The van der Waals surface area contributed by atoms with Crippen LogP contribution in [0.5, 0.6) is 0 Å². The van der Waals surface area contributed by atoms with Crippen LogP contribution in [0.1, 0.15) is 20.3 Å². The van der Waals surface area contributed by atoms with E-state index in [2.05, 4.69) is 12.2 Å². The van der Waals surface area contributed by atoms with Crippen LogP contribution >= 0.6 is 0 Å². The second-order valence-electron chi connectivity index (χ2n) is 2.98. The van der Waals surface area contributed by atoms with Crippen molar-refractivity contribution in [2.45, 2.75) is 26.3 Å². The number of nitrogens with one attached hydrogen (secondary N) is 2. The molecule has 2 atom stereocenters. The number of rotatable bonds is 1. The third-order valence-corrected chi connectivity index (χ3v) is 1.87. The van der Waals surface area contributed by atoms with Gasteiger partial charge >= 0.3 is 0 Å². The van der Waals surface area contributed by atoms with Crippen molar-refractivity contribution in [3.05, 3.63) is 0 Å². The first-order valence-electron chi connectivity index (χ1n) is 3.48. The predicted molar refractivity (Wildman–Crippen MR) is 39.0 cm³/mol. The monoisotopic (exact) mass is 126 g/mol. The predicted octanol–water partition coefficient (Wildman–Crippen LogP) is 1.02. The van der Waals surface area contributed by atoms with E-state index in [-0.39, 0.29) is 0 Å². The van der Waals surface area contributed by atoms with Gasteiger partial charge in [0.1, 0.15) is 0 Å². The molecule has 0 spiro atoms. The molecular formula is C7H14N2. The zero-order valence-electron chi connectivity index (χ0n) is 6.07. The van der Waals surface area contributed by atoms with Crippen molar-refractivity contribution in [2.75, 3.05) is 6.54 Å². The van der Waals surface area contributed by atoms with E-state index >= 15 is 0 Å². The first kappa shape index (κ1) is 6.75. The Hall–Kier alpha value is -0.370. The summed E-state index contributed by atoms with van der Waals surface area (Å²) < 4.78 is 0. The first-order valence-corrected chi connectivity index (χ1v) is 3.48. The minimum Gasteiger partial charge on any atom is -0.309 e. The molecule has 0 aromatic heterocycles. The molecule has 0 unspecified atom stereocenters. The fourth-order valence-corrected chi connectivity index (χ4v) is 1.24. The van der Waals surface area contributed by atoms with Gasteiger partial charge in [0, 0.05) is 11.8 Å². The maximum Gasteiger partial charge on any atom is 0.0448 e. The van der Waals surface area contributed by atoms with Crippen LogP contribution in [-0.2, 0) is 0 Å². The Morgan fingerprint density at radius 2 is 2.33 bits per heavy atom. The van der Waals surface area contributed by atoms with E-state index in [0.29, 0.717) is 6.04 Å². The summed E-state index contributed by atoms with van der Waals surface area (Å²) >= 11 is 0. The Bertz CT molecular complexity index is 120. The minimum atomic E-state index is 0.375. The largest absolute Gasteiger partial charge is 0.309 e. The molecule has 1 rings (SSSR count).